The van der Waals surface area contributed by atoms with Crippen LogP contribution >= 0.6 is 11.3 Å². The molecule has 0 bridgehead atoms. The third kappa shape index (κ3) is 8.29. The van der Waals surface area contributed by atoms with E-state index in [0.29, 0.717) is 6.42 Å². The fourth-order valence-electron chi connectivity index (χ4n) is 2.21. The zero-order chi connectivity index (χ0) is 17.8. The van der Waals surface area contributed by atoms with Crippen LogP contribution in [0.2, 0.25) is 0 Å². The molecule has 0 aliphatic heterocycles. The van der Waals surface area contributed by atoms with Gasteiger partial charge in [-0.2, -0.15) is 0 Å². The van der Waals surface area contributed by atoms with Gasteiger partial charge in [-0.1, -0.05) is 12.8 Å². The fraction of sp³-hybridized carbons (Fsp3) is 0.706. The molecule has 0 amide bonds. The summed E-state index contributed by atoms with van der Waals surface area (Å²) >= 11 is 1.76. The van der Waals surface area contributed by atoms with Crippen molar-refractivity contribution in [1.29, 1.82) is 0 Å². The van der Waals surface area contributed by atoms with E-state index in [-0.39, 0.29) is 5.97 Å². The van der Waals surface area contributed by atoms with E-state index in [9.17, 15) is 4.79 Å². The Balaban J connectivity index is 2.07. The topological polar surface area (TPSA) is 75.6 Å². The Bertz CT molecular complexity index is 509. The molecular weight excluding hydrogens is 324 g/mol. The van der Waals surface area contributed by atoms with Crippen LogP contribution in [0.1, 0.15) is 47.7 Å². The van der Waals surface area contributed by atoms with Crippen molar-refractivity contribution in [2.75, 3.05) is 27.2 Å². The average molecular weight is 355 g/mol. The Kier molecular flexibility index (Phi) is 10.1. The lowest BCUT2D eigenvalue weighted by atomic mass is 10.1. The van der Waals surface area contributed by atoms with Gasteiger partial charge in [0.25, 0.3) is 0 Å². The second kappa shape index (κ2) is 11.8. The maximum atomic E-state index is 11.0. The monoisotopic (exact) mass is 354 g/mol. The van der Waals surface area contributed by atoms with E-state index in [1.165, 1.54) is 17.0 Å². The zero-order valence-corrected chi connectivity index (χ0v) is 16.1. The number of methoxy groups -OCH3 is 1. The molecule has 0 fully saturated rings. The standard InChI is InChI=1S/C17H30N4O2S/c1-13-14(2)24-15(21-13)10-12-20-17(18-3)19-11-8-6-5-7-9-16(22)23-4/h5-12H2,1-4H3,(H2,18,19,20). The van der Waals surface area contributed by atoms with E-state index in [1.54, 1.807) is 18.4 Å². The summed E-state index contributed by atoms with van der Waals surface area (Å²) in [6.45, 7) is 5.86. The Labute approximate surface area is 149 Å². The second-order valence-electron chi connectivity index (χ2n) is 5.67. The SMILES string of the molecule is CN=C(NCCCCCCC(=O)OC)NCCc1nc(C)c(C)s1. The molecule has 0 aromatic carbocycles. The molecule has 0 spiro atoms. The molecule has 7 heteroatoms. The molecule has 0 atom stereocenters. The third-order valence-corrected chi connectivity index (χ3v) is 4.89. The van der Waals surface area contributed by atoms with E-state index < -0.39 is 0 Å². The number of rotatable bonds is 10. The highest BCUT2D eigenvalue weighted by molar-refractivity contribution is 7.11. The van der Waals surface area contributed by atoms with E-state index in [2.05, 4.69) is 39.2 Å². The first-order valence-electron chi connectivity index (χ1n) is 8.51. The largest absolute Gasteiger partial charge is 0.469 e. The van der Waals surface area contributed by atoms with Crippen LogP contribution in [0.3, 0.4) is 0 Å². The molecular formula is C17H30N4O2S. The normalized spacial score (nSPS) is 11.4. The first-order chi connectivity index (χ1) is 11.6. The van der Waals surface area contributed by atoms with Gasteiger partial charge in [-0.15, -0.1) is 11.3 Å². The van der Waals surface area contributed by atoms with Gasteiger partial charge in [-0.3, -0.25) is 9.79 Å². The van der Waals surface area contributed by atoms with Crippen molar-refractivity contribution >= 4 is 23.3 Å². The predicted octanol–water partition coefficient (Wildman–Crippen LogP) is 2.59. The summed E-state index contributed by atoms with van der Waals surface area (Å²) in [5, 5.41) is 7.79. The van der Waals surface area contributed by atoms with Crippen LogP contribution in [0, 0.1) is 13.8 Å². The van der Waals surface area contributed by atoms with Gasteiger partial charge < -0.3 is 15.4 Å². The van der Waals surface area contributed by atoms with E-state index in [4.69, 9.17) is 0 Å². The fourth-order valence-corrected chi connectivity index (χ4v) is 3.14. The van der Waals surface area contributed by atoms with Crippen LogP contribution in [0.4, 0.5) is 0 Å². The third-order valence-electron chi connectivity index (χ3n) is 3.76. The Hall–Kier alpha value is -1.63. The summed E-state index contributed by atoms with van der Waals surface area (Å²) in [7, 11) is 3.21. The van der Waals surface area contributed by atoms with E-state index >= 15 is 0 Å². The van der Waals surface area contributed by atoms with Crippen molar-refractivity contribution in [1.82, 2.24) is 15.6 Å². The van der Waals surface area contributed by atoms with Crippen LogP contribution in [0.25, 0.3) is 0 Å². The van der Waals surface area contributed by atoms with Gasteiger partial charge in [0.2, 0.25) is 0 Å². The Morgan fingerprint density at radius 3 is 2.50 bits per heavy atom. The Morgan fingerprint density at radius 2 is 1.88 bits per heavy atom. The molecule has 24 heavy (non-hydrogen) atoms. The molecule has 1 aromatic rings. The number of hydrogen-bond acceptors (Lipinski definition) is 5. The van der Waals surface area contributed by atoms with Crippen LogP contribution in [0.15, 0.2) is 4.99 Å². The highest BCUT2D eigenvalue weighted by atomic mass is 32.1. The number of carbonyl (C=O) groups excluding carboxylic acids is 1. The van der Waals surface area contributed by atoms with E-state index in [0.717, 1.165) is 56.8 Å². The summed E-state index contributed by atoms with van der Waals surface area (Å²) in [5.74, 6) is 0.706. The zero-order valence-electron chi connectivity index (χ0n) is 15.3. The molecule has 0 aliphatic rings. The molecule has 2 N–H and O–H groups in total. The molecule has 0 saturated carbocycles. The van der Waals surface area contributed by atoms with Crippen molar-refractivity contribution in [2.24, 2.45) is 4.99 Å². The number of thiazole rings is 1. The van der Waals surface area contributed by atoms with Crippen LogP contribution in [0.5, 0.6) is 0 Å². The lowest BCUT2D eigenvalue weighted by Crippen LogP contribution is -2.38. The molecule has 0 saturated heterocycles. The van der Waals surface area contributed by atoms with Crippen molar-refractivity contribution < 1.29 is 9.53 Å². The molecule has 136 valence electrons. The maximum Gasteiger partial charge on any atom is 0.305 e. The van der Waals surface area contributed by atoms with E-state index in [1.807, 2.05) is 0 Å². The second-order valence-corrected chi connectivity index (χ2v) is 6.95. The predicted molar refractivity (Wildman–Crippen MR) is 99.8 cm³/mol. The first kappa shape index (κ1) is 20.4. The minimum Gasteiger partial charge on any atom is -0.469 e. The lowest BCUT2D eigenvalue weighted by Gasteiger charge is -2.11. The van der Waals surface area contributed by atoms with Gasteiger partial charge >= 0.3 is 5.97 Å². The number of unbranched alkanes of at least 4 members (excludes halogenated alkanes) is 3. The highest BCUT2D eigenvalue weighted by Crippen LogP contribution is 2.16. The molecule has 0 unspecified atom stereocenters. The smallest absolute Gasteiger partial charge is 0.305 e. The number of guanidine groups is 1. The maximum absolute atomic E-state index is 11.0. The number of aromatic nitrogens is 1. The van der Waals surface area contributed by atoms with Gasteiger partial charge in [0.15, 0.2) is 5.96 Å². The number of ether oxygens (including phenoxy) is 1. The number of nitrogens with zero attached hydrogens (tertiary/aromatic N) is 2. The molecule has 0 aliphatic carbocycles. The van der Waals surface area contributed by atoms with Gasteiger partial charge in [-0.05, 0) is 26.7 Å². The van der Waals surface area contributed by atoms with Crippen molar-refractivity contribution in [3.8, 4) is 0 Å². The summed E-state index contributed by atoms with van der Waals surface area (Å²) in [6.07, 6.45) is 5.53. The molecule has 6 nitrogen and oxygen atoms in total. The summed E-state index contributed by atoms with van der Waals surface area (Å²) < 4.78 is 4.62. The van der Waals surface area contributed by atoms with Gasteiger partial charge in [-0.25, -0.2) is 4.98 Å². The van der Waals surface area contributed by atoms with Gasteiger partial charge in [0, 0.05) is 37.9 Å². The van der Waals surface area contributed by atoms with Crippen LogP contribution < -0.4 is 10.6 Å². The quantitative estimate of drug-likeness (QED) is 0.292. The van der Waals surface area contributed by atoms with Crippen molar-refractivity contribution in [3.05, 3.63) is 15.6 Å². The number of nitrogens with one attached hydrogen (secondary N) is 2. The van der Waals surface area contributed by atoms with Crippen molar-refractivity contribution in [3.63, 3.8) is 0 Å². The van der Waals surface area contributed by atoms with Crippen LogP contribution in [-0.2, 0) is 16.0 Å². The molecule has 1 rings (SSSR count). The van der Waals surface area contributed by atoms with Crippen molar-refractivity contribution in [2.45, 2.75) is 52.4 Å². The number of carbonyl (C=O) groups is 1. The first-order valence-corrected chi connectivity index (χ1v) is 9.32. The number of esters is 1. The highest BCUT2D eigenvalue weighted by Gasteiger charge is 2.04. The van der Waals surface area contributed by atoms with Gasteiger partial charge in [0.05, 0.1) is 17.8 Å². The minimum absolute atomic E-state index is 0.122. The Morgan fingerprint density at radius 1 is 1.17 bits per heavy atom. The number of aliphatic imine (C=N–C) groups is 1. The van der Waals surface area contributed by atoms with Gasteiger partial charge in [0.1, 0.15) is 0 Å². The van der Waals surface area contributed by atoms with Crippen LogP contribution in [-0.4, -0.2) is 44.2 Å². The number of hydrogen-bond donors (Lipinski definition) is 2. The minimum atomic E-state index is -0.122. The lowest BCUT2D eigenvalue weighted by molar-refractivity contribution is -0.140. The summed E-state index contributed by atoms with van der Waals surface area (Å²) in [5.41, 5.74) is 1.13. The summed E-state index contributed by atoms with van der Waals surface area (Å²) in [4.78, 5) is 21.0. The molecule has 1 heterocycles. The summed E-state index contributed by atoms with van der Waals surface area (Å²) in [6, 6.07) is 0. The average Bonchev–Trinajstić information content (AvgIpc) is 2.89. The molecule has 1 aromatic heterocycles. The molecule has 0 radical (unpaired) electrons. The number of aryl methyl sites for hydroxylation is 2.